The van der Waals surface area contributed by atoms with Gasteiger partial charge in [0.15, 0.2) is 11.5 Å². The lowest BCUT2D eigenvalue weighted by atomic mass is 10.0. The molecule has 7 heteroatoms. The van der Waals surface area contributed by atoms with Gasteiger partial charge in [0.25, 0.3) is 0 Å². The predicted octanol–water partition coefficient (Wildman–Crippen LogP) is 6.15. The maximum atomic E-state index is 13.8. The topological polar surface area (TPSA) is 62.7 Å². The molecule has 0 spiro atoms. The first-order chi connectivity index (χ1) is 19.8. The average molecular weight is 549 g/mol. The molecule has 0 saturated carbocycles. The highest BCUT2D eigenvalue weighted by molar-refractivity contribution is 5.86. The first-order valence-electron chi connectivity index (χ1n) is 14.3. The maximum absolute atomic E-state index is 13.8. The molecule has 4 heterocycles. The van der Waals surface area contributed by atoms with E-state index in [0.29, 0.717) is 17.5 Å². The Morgan fingerprint density at radius 2 is 1.68 bits per heavy atom. The lowest BCUT2D eigenvalue weighted by molar-refractivity contribution is 0.308. The molecule has 0 amide bonds. The number of allylic oxidation sites excluding steroid dienone is 5. The monoisotopic (exact) mass is 548 g/mol. The molecule has 6 nitrogen and oxygen atoms in total. The van der Waals surface area contributed by atoms with Crippen molar-refractivity contribution in [2.45, 2.75) is 27.3 Å². The van der Waals surface area contributed by atoms with Gasteiger partial charge in [-0.15, -0.1) is 5.10 Å². The van der Waals surface area contributed by atoms with Crippen molar-refractivity contribution < 1.29 is 4.39 Å². The van der Waals surface area contributed by atoms with E-state index < -0.39 is 0 Å². The second-order valence-corrected chi connectivity index (χ2v) is 11.5. The summed E-state index contributed by atoms with van der Waals surface area (Å²) in [4.78, 5) is 10.1. The summed E-state index contributed by atoms with van der Waals surface area (Å²) in [7, 11) is 0. The van der Waals surface area contributed by atoms with E-state index in [1.165, 1.54) is 17.7 Å². The summed E-state index contributed by atoms with van der Waals surface area (Å²) in [6.07, 6.45) is 5.58. The van der Waals surface area contributed by atoms with E-state index in [1.807, 2.05) is 23.6 Å². The number of anilines is 1. The quantitative estimate of drug-likeness (QED) is 0.281. The van der Waals surface area contributed by atoms with Gasteiger partial charge in [0.1, 0.15) is 11.5 Å². The third-order valence-corrected chi connectivity index (χ3v) is 8.46. The zero-order valence-corrected chi connectivity index (χ0v) is 24.0. The van der Waals surface area contributed by atoms with Crippen LogP contribution in [0.3, 0.4) is 0 Å². The van der Waals surface area contributed by atoms with Gasteiger partial charge in [0, 0.05) is 60.7 Å². The van der Waals surface area contributed by atoms with Crippen molar-refractivity contribution in [3.05, 3.63) is 113 Å². The molecule has 210 valence electrons. The van der Waals surface area contributed by atoms with E-state index in [2.05, 4.69) is 60.6 Å². The van der Waals surface area contributed by atoms with Crippen LogP contribution in [0.5, 0.6) is 0 Å². The molecule has 2 aromatic heterocycles. The van der Waals surface area contributed by atoms with Gasteiger partial charge in [-0.25, -0.2) is 13.9 Å². The molecule has 41 heavy (non-hydrogen) atoms. The van der Waals surface area contributed by atoms with Crippen LogP contribution in [0.4, 0.5) is 10.2 Å². The van der Waals surface area contributed by atoms with Crippen LogP contribution in [0, 0.1) is 31.5 Å². The highest BCUT2D eigenvalue weighted by Gasteiger charge is 2.41. The Hall–Kier alpha value is -4.23. The third kappa shape index (κ3) is 5.18. The first kappa shape index (κ1) is 27.0. The number of imidazole rings is 1. The molecular weight excluding hydrogens is 511 g/mol. The van der Waals surface area contributed by atoms with Crippen LogP contribution < -0.4 is 10.6 Å². The van der Waals surface area contributed by atoms with Crippen molar-refractivity contribution in [1.82, 2.24) is 19.5 Å². The van der Waals surface area contributed by atoms with Crippen LogP contribution in [0.25, 0.3) is 22.5 Å². The van der Waals surface area contributed by atoms with E-state index in [9.17, 15) is 4.39 Å². The molecule has 6 rings (SSSR count). The average Bonchev–Trinajstić information content (AvgIpc) is 3.63. The molecule has 2 unspecified atom stereocenters. The van der Waals surface area contributed by atoms with Crippen LogP contribution in [-0.4, -0.2) is 45.7 Å². The van der Waals surface area contributed by atoms with E-state index in [1.54, 1.807) is 18.2 Å². The fourth-order valence-electron chi connectivity index (χ4n) is 6.43. The van der Waals surface area contributed by atoms with Gasteiger partial charge in [-0.2, -0.15) is 0 Å². The SMILES string of the molecule is C=C/C=C(\C=C(/C)N)c1c(-c2ccc(F)cc2)nc2c(C)c(C)c(N3CC4CN(Cc5ccccc5)CC4C3)nn12. The fraction of sp³-hybridized carbons (Fsp3) is 0.294. The van der Waals surface area contributed by atoms with Gasteiger partial charge in [0.2, 0.25) is 0 Å². The van der Waals surface area contributed by atoms with Crippen molar-refractivity contribution in [3.8, 4) is 11.3 Å². The number of aromatic nitrogens is 3. The molecule has 2 aromatic carbocycles. The third-order valence-electron chi connectivity index (χ3n) is 8.46. The summed E-state index contributed by atoms with van der Waals surface area (Å²) in [5.74, 6) is 1.95. The molecule has 2 fully saturated rings. The molecule has 0 radical (unpaired) electrons. The Morgan fingerprint density at radius 1 is 1.00 bits per heavy atom. The molecule has 2 aliphatic heterocycles. The van der Waals surface area contributed by atoms with Gasteiger partial charge >= 0.3 is 0 Å². The van der Waals surface area contributed by atoms with Gasteiger partial charge in [-0.1, -0.05) is 49.1 Å². The lowest BCUT2D eigenvalue weighted by Gasteiger charge is -2.24. The Labute approximate surface area is 241 Å². The molecule has 2 N–H and O–H groups in total. The summed E-state index contributed by atoms with van der Waals surface area (Å²) in [5, 5.41) is 5.25. The second-order valence-electron chi connectivity index (χ2n) is 11.5. The Balaban J connectivity index is 1.39. The molecule has 0 aliphatic carbocycles. The number of likely N-dealkylation sites (tertiary alicyclic amines) is 1. The standard InChI is InChI=1S/C34H37FN6/c1-5-9-27(16-22(2)36)32-31(26-12-14-30(35)15-13-26)37-33-23(3)24(4)34(38-41(32)33)40-20-28-18-39(19-29(28)21-40)17-25-10-7-6-8-11-25/h5-16,28-29H,1,17-21,36H2,2-4H3/b22-16+,27-9+. The number of hydrogen-bond donors (Lipinski definition) is 1. The molecule has 2 saturated heterocycles. The van der Waals surface area contributed by atoms with Crippen LogP contribution in [-0.2, 0) is 6.54 Å². The maximum Gasteiger partial charge on any atom is 0.158 e. The number of aryl methyl sites for hydroxylation is 1. The number of hydrogen-bond acceptors (Lipinski definition) is 5. The molecule has 4 aromatic rings. The van der Waals surface area contributed by atoms with E-state index in [-0.39, 0.29) is 5.82 Å². The number of halogens is 1. The highest BCUT2D eigenvalue weighted by atomic mass is 19.1. The minimum atomic E-state index is -0.284. The molecule has 2 aliphatic rings. The summed E-state index contributed by atoms with van der Waals surface area (Å²) < 4.78 is 15.8. The van der Waals surface area contributed by atoms with Crippen molar-refractivity contribution >= 4 is 17.0 Å². The zero-order valence-electron chi connectivity index (χ0n) is 24.0. The van der Waals surface area contributed by atoms with Crippen molar-refractivity contribution in [1.29, 1.82) is 0 Å². The van der Waals surface area contributed by atoms with Crippen LogP contribution in [0.2, 0.25) is 0 Å². The number of benzene rings is 2. The van der Waals surface area contributed by atoms with Crippen LogP contribution in [0.15, 0.2) is 85.1 Å². The Kier molecular flexibility index (Phi) is 7.22. The predicted molar refractivity (Wildman–Crippen MR) is 165 cm³/mol. The number of fused-ring (bicyclic) bond motifs is 2. The molecule has 0 bridgehead atoms. The van der Waals surface area contributed by atoms with E-state index in [4.69, 9.17) is 15.8 Å². The normalized spacial score (nSPS) is 19.8. The van der Waals surface area contributed by atoms with Crippen molar-refractivity contribution in [3.63, 3.8) is 0 Å². The van der Waals surface area contributed by atoms with Gasteiger partial charge < -0.3 is 10.6 Å². The minimum absolute atomic E-state index is 0.284. The molecular formula is C34H37FN6. The van der Waals surface area contributed by atoms with Crippen molar-refractivity contribution in [2.75, 3.05) is 31.1 Å². The van der Waals surface area contributed by atoms with Crippen molar-refractivity contribution in [2.24, 2.45) is 17.6 Å². The smallest absolute Gasteiger partial charge is 0.158 e. The summed E-state index contributed by atoms with van der Waals surface area (Å²) in [6, 6.07) is 17.2. The zero-order chi connectivity index (χ0) is 28.7. The number of nitrogens with zero attached hydrogens (tertiary/aromatic N) is 5. The lowest BCUT2D eigenvalue weighted by Crippen LogP contribution is -2.30. The van der Waals surface area contributed by atoms with Gasteiger partial charge in [0.05, 0.1) is 5.69 Å². The van der Waals surface area contributed by atoms with Gasteiger partial charge in [-0.3, -0.25) is 4.90 Å². The number of rotatable bonds is 7. The highest BCUT2D eigenvalue weighted by Crippen LogP contribution is 2.38. The summed E-state index contributed by atoms with van der Waals surface area (Å²) in [5.41, 5.74) is 14.4. The largest absolute Gasteiger partial charge is 0.402 e. The van der Waals surface area contributed by atoms with Gasteiger partial charge in [-0.05, 0) is 68.5 Å². The molecule has 2 atom stereocenters. The minimum Gasteiger partial charge on any atom is -0.402 e. The van der Waals surface area contributed by atoms with E-state index >= 15 is 0 Å². The number of nitrogens with two attached hydrogens (primary N) is 1. The Bertz CT molecular complexity index is 1630. The van der Waals surface area contributed by atoms with E-state index in [0.717, 1.165) is 77.8 Å². The van der Waals surface area contributed by atoms with Crippen LogP contribution in [0.1, 0.15) is 29.3 Å². The van der Waals surface area contributed by atoms with Crippen LogP contribution >= 0.6 is 0 Å². The fourth-order valence-corrected chi connectivity index (χ4v) is 6.43. The second kappa shape index (κ2) is 11.0. The summed E-state index contributed by atoms with van der Waals surface area (Å²) >= 11 is 0. The Morgan fingerprint density at radius 3 is 2.32 bits per heavy atom. The first-order valence-corrected chi connectivity index (χ1v) is 14.3. The summed E-state index contributed by atoms with van der Waals surface area (Å²) in [6.45, 7) is 15.2.